The van der Waals surface area contributed by atoms with E-state index in [1.165, 1.54) is 24.1 Å². The minimum absolute atomic E-state index is 0.0122. The van der Waals surface area contributed by atoms with Gasteiger partial charge in [0.2, 0.25) is 11.8 Å². The van der Waals surface area contributed by atoms with Gasteiger partial charge in [-0.15, -0.1) is 0 Å². The van der Waals surface area contributed by atoms with E-state index in [1.807, 2.05) is 89.2 Å². The number of benzene rings is 4. The highest BCUT2D eigenvalue weighted by atomic mass is 32.2. The van der Waals surface area contributed by atoms with Gasteiger partial charge in [0.1, 0.15) is 18.3 Å². The van der Waals surface area contributed by atoms with Crippen molar-refractivity contribution in [1.29, 1.82) is 0 Å². The van der Waals surface area contributed by atoms with Crippen LogP contribution in [0.25, 0.3) is 0 Å². The first-order valence-electron chi connectivity index (χ1n) is 15.2. The molecule has 0 aliphatic rings. The predicted molar refractivity (Wildman–Crippen MR) is 182 cm³/mol. The zero-order chi connectivity index (χ0) is 33.5. The van der Waals surface area contributed by atoms with Crippen LogP contribution < -0.4 is 14.4 Å². The third-order valence-electron chi connectivity index (χ3n) is 7.45. The Labute approximate surface area is 273 Å². The molecule has 0 aliphatic carbocycles. The van der Waals surface area contributed by atoms with E-state index in [2.05, 4.69) is 5.32 Å². The van der Waals surface area contributed by atoms with Gasteiger partial charge in [-0.05, 0) is 82.1 Å². The van der Waals surface area contributed by atoms with E-state index < -0.39 is 34.1 Å². The van der Waals surface area contributed by atoms with Crippen LogP contribution in [0.5, 0.6) is 5.75 Å². The molecule has 1 N–H and O–H groups in total. The lowest BCUT2D eigenvalue weighted by Gasteiger charge is -2.35. The highest BCUT2D eigenvalue weighted by Crippen LogP contribution is 2.27. The summed E-state index contributed by atoms with van der Waals surface area (Å²) in [6.07, 6.45) is 0.246. The molecule has 0 aromatic heterocycles. The normalized spacial score (nSPS) is 12.2. The Hall–Kier alpha value is -4.63. The summed E-state index contributed by atoms with van der Waals surface area (Å²) in [7, 11) is -2.70. The lowest BCUT2D eigenvalue weighted by molar-refractivity contribution is -0.140. The fourth-order valence-corrected chi connectivity index (χ4v) is 6.54. The van der Waals surface area contributed by atoms with Gasteiger partial charge in [0.05, 0.1) is 17.7 Å². The van der Waals surface area contributed by atoms with E-state index in [-0.39, 0.29) is 23.8 Å². The number of carbonyl (C=O) groups is 2. The molecule has 0 spiro atoms. The van der Waals surface area contributed by atoms with Crippen molar-refractivity contribution < 1.29 is 22.7 Å². The van der Waals surface area contributed by atoms with Crippen molar-refractivity contribution in [1.82, 2.24) is 10.2 Å². The van der Waals surface area contributed by atoms with E-state index in [1.54, 1.807) is 36.4 Å². The zero-order valence-electron chi connectivity index (χ0n) is 27.4. The van der Waals surface area contributed by atoms with Crippen LogP contribution in [0.15, 0.2) is 108 Å². The van der Waals surface area contributed by atoms with Crippen LogP contribution >= 0.6 is 0 Å². The van der Waals surface area contributed by atoms with Gasteiger partial charge in [0.15, 0.2) is 0 Å². The smallest absolute Gasteiger partial charge is 0.264 e. The van der Waals surface area contributed by atoms with E-state index in [9.17, 15) is 18.0 Å². The van der Waals surface area contributed by atoms with Gasteiger partial charge in [0.25, 0.3) is 10.0 Å². The molecule has 0 radical (unpaired) electrons. The number of methoxy groups -OCH3 is 1. The first-order chi connectivity index (χ1) is 21.8. The fraction of sp³-hybridized carbons (Fsp3) is 0.297. The third kappa shape index (κ3) is 8.97. The largest absolute Gasteiger partial charge is 0.497 e. The van der Waals surface area contributed by atoms with Crippen LogP contribution in [-0.4, -0.2) is 50.4 Å². The van der Waals surface area contributed by atoms with Gasteiger partial charge in [0, 0.05) is 18.5 Å². The molecule has 46 heavy (non-hydrogen) atoms. The van der Waals surface area contributed by atoms with Gasteiger partial charge < -0.3 is 15.0 Å². The van der Waals surface area contributed by atoms with Gasteiger partial charge in [-0.1, -0.05) is 77.9 Å². The first kappa shape index (κ1) is 34.2. The average molecular weight is 642 g/mol. The number of sulfonamides is 1. The summed E-state index contributed by atoms with van der Waals surface area (Å²) in [5.74, 6) is -0.323. The van der Waals surface area contributed by atoms with Crippen LogP contribution in [0.2, 0.25) is 0 Å². The number of amides is 2. The molecule has 1 unspecified atom stereocenters. The molecule has 4 aromatic rings. The van der Waals surface area contributed by atoms with Crippen LogP contribution in [0.4, 0.5) is 5.69 Å². The summed E-state index contributed by atoms with van der Waals surface area (Å²) in [5.41, 5.74) is 3.43. The number of hydrogen-bond acceptors (Lipinski definition) is 5. The second kappa shape index (κ2) is 14.6. The van der Waals surface area contributed by atoms with Gasteiger partial charge in [-0.3, -0.25) is 13.9 Å². The quantitative estimate of drug-likeness (QED) is 0.203. The van der Waals surface area contributed by atoms with Crippen molar-refractivity contribution in [3.8, 4) is 5.75 Å². The van der Waals surface area contributed by atoms with Crippen LogP contribution in [0, 0.1) is 13.8 Å². The number of hydrogen-bond donors (Lipinski definition) is 1. The van der Waals surface area contributed by atoms with Crippen molar-refractivity contribution in [2.24, 2.45) is 0 Å². The Morgan fingerprint density at radius 3 is 2.02 bits per heavy atom. The Bertz CT molecular complexity index is 1730. The molecular weight excluding hydrogens is 598 g/mol. The van der Waals surface area contributed by atoms with Crippen molar-refractivity contribution >= 4 is 27.5 Å². The molecule has 4 rings (SSSR count). The van der Waals surface area contributed by atoms with Gasteiger partial charge in [-0.2, -0.15) is 0 Å². The zero-order valence-corrected chi connectivity index (χ0v) is 28.2. The summed E-state index contributed by atoms with van der Waals surface area (Å²) in [5, 5.41) is 3.05. The Morgan fingerprint density at radius 2 is 1.43 bits per heavy atom. The molecule has 0 fully saturated rings. The van der Waals surface area contributed by atoms with Crippen LogP contribution in [-0.2, 0) is 32.6 Å². The molecule has 0 aliphatic heterocycles. The lowest BCUT2D eigenvalue weighted by Crippen LogP contribution is -2.56. The van der Waals surface area contributed by atoms with Crippen molar-refractivity contribution in [3.05, 3.63) is 125 Å². The molecule has 4 aromatic carbocycles. The topological polar surface area (TPSA) is 96.0 Å². The highest BCUT2D eigenvalue weighted by Gasteiger charge is 2.35. The molecule has 0 saturated heterocycles. The molecule has 0 bridgehead atoms. The Kier molecular flexibility index (Phi) is 10.9. The number of nitrogens with one attached hydrogen (secondary N) is 1. The van der Waals surface area contributed by atoms with E-state index in [4.69, 9.17) is 4.74 Å². The predicted octanol–water partition coefficient (Wildman–Crippen LogP) is 6.06. The molecule has 0 saturated carbocycles. The summed E-state index contributed by atoms with van der Waals surface area (Å²) in [4.78, 5) is 30.1. The summed E-state index contributed by atoms with van der Waals surface area (Å²) >= 11 is 0. The Morgan fingerprint density at radius 1 is 0.804 bits per heavy atom. The van der Waals surface area contributed by atoms with E-state index in [0.717, 1.165) is 26.6 Å². The highest BCUT2D eigenvalue weighted by molar-refractivity contribution is 7.92. The van der Waals surface area contributed by atoms with E-state index in [0.29, 0.717) is 11.4 Å². The maximum atomic E-state index is 14.6. The molecule has 2 amide bonds. The summed E-state index contributed by atoms with van der Waals surface area (Å²) < 4.78 is 34.7. The maximum absolute atomic E-state index is 14.6. The maximum Gasteiger partial charge on any atom is 0.264 e. The summed E-state index contributed by atoms with van der Waals surface area (Å²) in [6.45, 7) is 9.12. The minimum atomic E-state index is -4.20. The monoisotopic (exact) mass is 641 g/mol. The third-order valence-corrected chi connectivity index (χ3v) is 9.24. The standard InChI is InChI=1S/C37H43N3O5S/c1-27-15-17-31(18-16-27)40(46(43,44)33-21-19-32(45-6)20-22-33)26-35(41)39(25-30-14-10-11-28(2)23-30)34(36(42)38-37(3,4)5)24-29-12-8-7-9-13-29/h7-23,34H,24-26H2,1-6H3,(H,38,42). The summed E-state index contributed by atoms with van der Waals surface area (Å²) in [6, 6.07) is 29.3. The number of aryl methyl sites for hydroxylation is 2. The van der Waals surface area contributed by atoms with Crippen molar-refractivity contribution in [2.75, 3.05) is 18.0 Å². The number of carbonyl (C=O) groups excluding carboxylic acids is 2. The molecule has 0 heterocycles. The SMILES string of the molecule is COc1ccc(S(=O)(=O)N(CC(=O)N(Cc2cccc(C)c2)C(Cc2ccccc2)C(=O)NC(C)(C)C)c2ccc(C)cc2)cc1. The van der Waals surface area contributed by atoms with Crippen molar-refractivity contribution in [2.45, 2.75) is 64.1 Å². The first-order valence-corrected chi connectivity index (χ1v) is 16.7. The number of nitrogens with zero attached hydrogens (tertiary/aromatic N) is 2. The fourth-order valence-electron chi connectivity index (χ4n) is 5.13. The number of rotatable bonds is 12. The van der Waals surface area contributed by atoms with Crippen LogP contribution in [0.1, 0.15) is 43.0 Å². The number of anilines is 1. The molecule has 1 atom stereocenters. The molecular formula is C37H43N3O5S. The average Bonchev–Trinajstić information content (AvgIpc) is 3.01. The molecule has 9 heteroatoms. The molecule has 8 nitrogen and oxygen atoms in total. The van der Waals surface area contributed by atoms with Gasteiger partial charge >= 0.3 is 0 Å². The van der Waals surface area contributed by atoms with E-state index >= 15 is 0 Å². The molecule has 242 valence electrons. The van der Waals surface area contributed by atoms with Crippen molar-refractivity contribution in [3.63, 3.8) is 0 Å². The lowest BCUT2D eigenvalue weighted by atomic mass is 10.0. The van der Waals surface area contributed by atoms with Crippen LogP contribution in [0.3, 0.4) is 0 Å². The van der Waals surface area contributed by atoms with Gasteiger partial charge in [-0.25, -0.2) is 8.42 Å². The second-order valence-electron chi connectivity index (χ2n) is 12.5. The number of ether oxygens (including phenoxy) is 1. The Balaban J connectivity index is 1.81. The minimum Gasteiger partial charge on any atom is -0.497 e. The second-order valence-corrected chi connectivity index (χ2v) is 14.3.